The van der Waals surface area contributed by atoms with Crippen LogP contribution in [0.1, 0.15) is 37.8 Å². The molecule has 0 bridgehead atoms. The van der Waals surface area contributed by atoms with Crippen molar-refractivity contribution >= 4 is 29.2 Å². The zero-order chi connectivity index (χ0) is 23.8. The minimum atomic E-state index is -5.05. The number of aryl methyl sites for hydroxylation is 1. The van der Waals surface area contributed by atoms with Crippen molar-refractivity contribution in [2.45, 2.75) is 12.6 Å². The number of carboxylic acid groups (broad SMARTS) is 1. The molecule has 0 amide bonds. The minimum absolute atomic E-state index is 0.119. The van der Waals surface area contributed by atoms with Crippen molar-refractivity contribution in [3.63, 3.8) is 0 Å². The number of Topliss-reactive ketones (excluding diaryl/α,β-unsaturated/α-hetero) is 1. The maximum atomic E-state index is 13.3. The second kappa shape index (κ2) is 11.2. The van der Waals surface area contributed by atoms with Gasteiger partial charge in [-0.05, 0) is 6.07 Å². The Hall–Kier alpha value is -3.03. The van der Waals surface area contributed by atoms with Gasteiger partial charge in [0, 0.05) is 37.2 Å². The van der Waals surface area contributed by atoms with Gasteiger partial charge < -0.3 is 5.11 Å². The molecule has 2 rings (SSSR count). The van der Waals surface area contributed by atoms with E-state index in [1.54, 1.807) is 0 Å². The van der Waals surface area contributed by atoms with Crippen LogP contribution >= 0.6 is 11.6 Å². The summed E-state index contributed by atoms with van der Waals surface area (Å²) in [5.74, 6) is -3.91. The lowest BCUT2D eigenvalue weighted by Crippen LogP contribution is -2.18. The third-order valence-corrected chi connectivity index (χ3v) is 3.64. The van der Waals surface area contributed by atoms with Crippen molar-refractivity contribution in [3.05, 3.63) is 52.1 Å². The maximum Gasteiger partial charge on any atom is 0.420 e. The molecular formula is C15H10ClF8N3O3. The number of rotatable bonds is 5. The van der Waals surface area contributed by atoms with Crippen LogP contribution in [0.3, 0.4) is 0 Å². The summed E-state index contributed by atoms with van der Waals surface area (Å²) in [6, 6.07) is 0.973. The van der Waals surface area contributed by atoms with Crippen molar-refractivity contribution in [2.75, 3.05) is 0 Å². The molecule has 0 aliphatic heterocycles. The van der Waals surface area contributed by atoms with E-state index in [9.17, 15) is 27.2 Å². The molecule has 2 heterocycles. The Morgan fingerprint density at radius 2 is 1.77 bits per heavy atom. The largest absolute Gasteiger partial charge is 0.478 e. The average Bonchev–Trinajstić information content (AvgIpc) is 3.04. The van der Waals surface area contributed by atoms with Crippen LogP contribution in [0.2, 0.25) is 5.02 Å². The standard InChI is InChI=1S/C15H10ClF4N3O3.2F2/c1-6(17)12-11(15(18,19)20)13(23(2)22-12)10(24)4-7-3-8(14(25)26)9(16)5-21-7;2*1-2/h3,5H,1,4H2,2H3,(H,25,26);;. The zero-order valence-electron chi connectivity index (χ0n) is 14.6. The molecule has 0 aliphatic carbocycles. The number of nitrogens with zero attached hydrogens (tertiary/aromatic N) is 3. The van der Waals surface area contributed by atoms with Crippen molar-refractivity contribution in [2.24, 2.45) is 7.05 Å². The Balaban J connectivity index is 0.00000198. The highest BCUT2D eigenvalue weighted by molar-refractivity contribution is 6.33. The van der Waals surface area contributed by atoms with Crippen LogP contribution in [-0.2, 0) is 19.6 Å². The lowest BCUT2D eigenvalue weighted by Gasteiger charge is -2.10. The van der Waals surface area contributed by atoms with Gasteiger partial charge in [0.2, 0.25) is 0 Å². The molecule has 6 nitrogen and oxygen atoms in total. The number of pyridine rings is 1. The highest BCUT2D eigenvalue weighted by atomic mass is 35.5. The predicted octanol–water partition coefficient (Wildman–Crippen LogP) is 5.23. The third kappa shape index (κ3) is 6.23. The van der Waals surface area contributed by atoms with Crippen LogP contribution in [0.5, 0.6) is 0 Å². The number of carbonyl (C=O) groups excluding carboxylic acids is 1. The molecule has 0 spiro atoms. The van der Waals surface area contributed by atoms with Crippen LogP contribution in [0.15, 0.2) is 18.8 Å². The summed E-state index contributed by atoms with van der Waals surface area (Å²) in [5.41, 5.74) is -4.00. The van der Waals surface area contributed by atoms with Gasteiger partial charge in [0.15, 0.2) is 5.78 Å². The maximum absolute atomic E-state index is 13.3. The Morgan fingerprint density at radius 3 is 2.20 bits per heavy atom. The fraction of sp³-hybridized carbons (Fsp3) is 0.200. The summed E-state index contributed by atoms with van der Waals surface area (Å²) >= 11 is 5.65. The van der Waals surface area contributed by atoms with E-state index >= 15 is 0 Å². The summed E-state index contributed by atoms with van der Waals surface area (Å²) in [4.78, 5) is 27.1. The Morgan fingerprint density at radius 1 is 1.23 bits per heavy atom. The van der Waals surface area contributed by atoms with Gasteiger partial charge >= 0.3 is 12.1 Å². The smallest absolute Gasteiger partial charge is 0.420 e. The van der Waals surface area contributed by atoms with Crippen molar-refractivity contribution in [1.82, 2.24) is 14.8 Å². The van der Waals surface area contributed by atoms with Gasteiger partial charge in [0.1, 0.15) is 22.8 Å². The zero-order valence-corrected chi connectivity index (χ0v) is 15.3. The summed E-state index contributed by atoms with van der Waals surface area (Å²) in [6.45, 7) is 2.79. The van der Waals surface area contributed by atoms with E-state index in [0.29, 0.717) is 4.68 Å². The number of halogens is 9. The van der Waals surface area contributed by atoms with Crippen LogP contribution in [-0.4, -0.2) is 31.6 Å². The van der Waals surface area contributed by atoms with Crippen LogP contribution in [0, 0.1) is 0 Å². The Kier molecular flexibility index (Phi) is 10.1. The number of hydrogen-bond donors (Lipinski definition) is 1. The van der Waals surface area contributed by atoms with Crippen LogP contribution in [0.25, 0.3) is 5.83 Å². The first-order chi connectivity index (χ1) is 13.9. The first kappa shape index (κ1) is 27.0. The first-order valence-corrected chi connectivity index (χ1v) is 7.49. The van der Waals surface area contributed by atoms with Crippen molar-refractivity contribution < 1.29 is 50.6 Å². The molecule has 0 saturated heterocycles. The molecule has 0 fully saturated rings. The average molecular weight is 468 g/mol. The molecular weight excluding hydrogens is 458 g/mol. The monoisotopic (exact) mass is 467 g/mol. The molecule has 30 heavy (non-hydrogen) atoms. The second-order valence-corrected chi connectivity index (χ2v) is 5.57. The summed E-state index contributed by atoms with van der Waals surface area (Å²) in [7, 11) is 1.05. The molecule has 1 N–H and O–H groups in total. The minimum Gasteiger partial charge on any atom is -0.478 e. The van der Waals surface area contributed by atoms with Gasteiger partial charge in [0.25, 0.3) is 0 Å². The van der Waals surface area contributed by atoms with Crippen molar-refractivity contribution in [3.8, 4) is 0 Å². The fourth-order valence-electron chi connectivity index (χ4n) is 2.29. The molecule has 166 valence electrons. The number of hydrogen-bond acceptors (Lipinski definition) is 4. The van der Waals surface area contributed by atoms with Gasteiger partial charge in [-0.1, -0.05) is 18.2 Å². The van der Waals surface area contributed by atoms with Crippen molar-refractivity contribution in [1.29, 1.82) is 0 Å². The third-order valence-electron chi connectivity index (χ3n) is 3.34. The molecule has 0 atom stereocenters. The molecule has 2 aromatic rings. The summed E-state index contributed by atoms with van der Waals surface area (Å²) in [6.07, 6.45) is -4.75. The van der Waals surface area contributed by atoms with Gasteiger partial charge in [-0.3, -0.25) is 14.5 Å². The number of aromatic nitrogens is 3. The Bertz CT molecular complexity index is 931. The van der Waals surface area contributed by atoms with E-state index in [4.69, 9.17) is 35.0 Å². The van der Waals surface area contributed by atoms with E-state index in [2.05, 4.69) is 16.7 Å². The van der Waals surface area contributed by atoms with E-state index in [0.717, 1.165) is 19.3 Å². The van der Waals surface area contributed by atoms with E-state index < -0.39 is 47.1 Å². The Labute approximate surface area is 167 Å². The highest BCUT2D eigenvalue weighted by Crippen LogP contribution is 2.37. The molecule has 0 saturated carbocycles. The van der Waals surface area contributed by atoms with Crippen LogP contribution < -0.4 is 0 Å². The normalized spacial score (nSPS) is 10.3. The van der Waals surface area contributed by atoms with Gasteiger partial charge in [0.05, 0.1) is 17.0 Å². The summed E-state index contributed by atoms with van der Waals surface area (Å²) in [5, 5.41) is 12.2. The molecule has 15 heteroatoms. The number of ketones is 1. The number of carboxylic acids is 1. The lowest BCUT2D eigenvalue weighted by molar-refractivity contribution is -0.138. The molecule has 0 unspecified atom stereocenters. The van der Waals surface area contributed by atoms with Gasteiger partial charge in [-0.2, -0.15) is 18.3 Å². The van der Waals surface area contributed by atoms with Gasteiger partial charge in [-0.25, -0.2) is 9.18 Å². The highest BCUT2D eigenvalue weighted by Gasteiger charge is 2.42. The SMILES string of the molecule is C=C(F)c1nn(C)c(C(=O)Cc2cc(C(=O)O)c(Cl)cn2)c1C(F)(F)F.FF.FF. The molecule has 0 aromatic carbocycles. The van der Waals surface area contributed by atoms with Gasteiger partial charge in [-0.15, -0.1) is 0 Å². The molecule has 2 aromatic heterocycles. The van der Waals surface area contributed by atoms with Crippen LogP contribution in [0.4, 0.5) is 35.9 Å². The topological polar surface area (TPSA) is 85.1 Å². The second-order valence-electron chi connectivity index (χ2n) is 5.16. The van der Waals surface area contributed by atoms with E-state index in [1.807, 2.05) is 0 Å². The first-order valence-electron chi connectivity index (χ1n) is 7.12. The summed E-state index contributed by atoms with van der Waals surface area (Å²) < 4.78 is 85.8. The van der Waals surface area contributed by atoms with E-state index in [-0.39, 0.29) is 16.3 Å². The quantitative estimate of drug-likeness (QED) is 0.481. The predicted molar refractivity (Wildman–Crippen MR) is 87.0 cm³/mol. The molecule has 0 radical (unpaired) electrons. The number of alkyl halides is 3. The number of aromatic carboxylic acids is 1. The number of carbonyl (C=O) groups is 2. The fourth-order valence-corrected chi connectivity index (χ4v) is 2.48. The lowest BCUT2D eigenvalue weighted by atomic mass is 10.0. The van der Waals surface area contributed by atoms with E-state index in [1.165, 1.54) is 0 Å². The molecule has 0 aliphatic rings.